The Labute approximate surface area is 39.7 Å². The summed E-state index contributed by atoms with van der Waals surface area (Å²) in [6, 6.07) is 0. The third-order valence-corrected chi connectivity index (χ3v) is 0.846. The van der Waals surface area contributed by atoms with E-state index in [1.165, 1.54) is 19.4 Å². The Morgan fingerprint density at radius 3 is 2.33 bits per heavy atom. The monoisotopic (exact) mass is 88.1 g/mol. The van der Waals surface area contributed by atoms with E-state index in [0.29, 0.717) is 0 Å². The van der Waals surface area contributed by atoms with Crippen molar-refractivity contribution in [3.63, 3.8) is 0 Å². The molecule has 0 aliphatic rings. The van der Waals surface area contributed by atoms with Crippen molar-refractivity contribution in [3.05, 3.63) is 0 Å². The zero-order valence-corrected chi connectivity index (χ0v) is 4.70. The van der Waals surface area contributed by atoms with E-state index >= 15 is 0 Å². The van der Waals surface area contributed by atoms with Gasteiger partial charge < -0.3 is 5.32 Å². The van der Waals surface area contributed by atoms with E-state index in [4.69, 9.17) is 0 Å². The first-order valence-electron chi connectivity index (χ1n) is 2.69. The first-order chi connectivity index (χ1) is 2.91. The predicted molar refractivity (Wildman–Crippen MR) is 27.6 cm³/mol. The first kappa shape index (κ1) is 5.96. The van der Waals surface area contributed by atoms with Crippen LogP contribution in [-0.4, -0.2) is 13.6 Å². The minimum atomic E-state index is 1.29. The van der Waals surface area contributed by atoms with Crippen LogP contribution in [0, 0.1) is 0 Å². The van der Waals surface area contributed by atoms with Gasteiger partial charge in [-0.15, -0.1) is 0 Å². The second-order valence-electron chi connectivity index (χ2n) is 1.55. The molecule has 0 saturated carbocycles. The van der Waals surface area contributed by atoms with Gasteiger partial charge in [-0.2, -0.15) is 0 Å². The lowest BCUT2D eigenvalue weighted by molar-refractivity contribution is -0.627. The van der Waals surface area contributed by atoms with Gasteiger partial charge in [-0.25, -0.2) is 0 Å². The second kappa shape index (κ2) is 4.96. The van der Waals surface area contributed by atoms with Crippen LogP contribution in [-0.2, 0) is 0 Å². The summed E-state index contributed by atoms with van der Waals surface area (Å²) < 4.78 is 0. The molecule has 0 bridgehead atoms. The molecule has 0 rings (SSSR count). The molecule has 38 valence electrons. The van der Waals surface area contributed by atoms with Crippen LogP contribution in [0.5, 0.6) is 0 Å². The molecule has 0 aliphatic carbocycles. The quantitative estimate of drug-likeness (QED) is 0.467. The molecule has 0 heterocycles. The van der Waals surface area contributed by atoms with Crippen LogP contribution in [0.15, 0.2) is 0 Å². The van der Waals surface area contributed by atoms with Gasteiger partial charge in [0.2, 0.25) is 0 Å². The fraction of sp³-hybridized carbons (Fsp3) is 1.00. The highest BCUT2D eigenvalue weighted by atomic mass is 14.8. The van der Waals surface area contributed by atoms with E-state index in [1.54, 1.807) is 0 Å². The van der Waals surface area contributed by atoms with Crippen molar-refractivity contribution in [1.82, 2.24) is 0 Å². The molecule has 0 spiro atoms. The molecular formula is C5H14N+. The minimum Gasteiger partial charge on any atom is -0.349 e. The number of quaternary nitrogens is 1. The van der Waals surface area contributed by atoms with Crippen LogP contribution in [0.1, 0.15) is 19.8 Å². The third kappa shape index (κ3) is 3.96. The molecule has 0 radical (unpaired) electrons. The van der Waals surface area contributed by atoms with Gasteiger partial charge in [0.05, 0.1) is 13.6 Å². The van der Waals surface area contributed by atoms with Gasteiger partial charge in [-0.3, -0.25) is 0 Å². The Bertz CT molecular complexity index is 15.9. The smallest absolute Gasteiger partial charge is 0.0753 e. The lowest BCUT2D eigenvalue weighted by Gasteiger charge is -1.86. The van der Waals surface area contributed by atoms with Crippen LogP contribution in [0.4, 0.5) is 0 Å². The van der Waals surface area contributed by atoms with Crippen LogP contribution in [0.3, 0.4) is 0 Å². The molecule has 0 aromatic heterocycles. The second-order valence-corrected chi connectivity index (χ2v) is 1.55. The predicted octanol–water partition coefficient (Wildman–Crippen LogP) is -0.0203. The Hall–Kier alpha value is -0.0400. The number of hydrogen-bond donors (Lipinski definition) is 1. The van der Waals surface area contributed by atoms with Crippen molar-refractivity contribution >= 4 is 0 Å². The largest absolute Gasteiger partial charge is 0.349 e. The van der Waals surface area contributed by atoms with E-state index in [2.05, 4.69) is 19.3 Å². The molecule has 2 N–H and O–H groups in total. The van der Waals surface area contributed by atoms with E-state index < -0.39 is 0 Å². The van der Waals surface area contributed by atoms with Crippen LogP contribution in [0.2, 0.25) is 0 Å². The van der Waals surface area contributed by atoms with Gasteiger partial charge in [-0.1, -0.05) is 13.3 Å². The maximum Gasteiger partial charge on any atom is 0.0753 e. The molecular weight excluding hydrogens is 74.1 g/mol. The van der Waals surface area contributed by atoms with Crippen LogP contribution in [0.25, 0.3) is 0 Å². The molecule has 0 saturated heterocycles. The number of rotatable bonds is 3. The highest BCUT2D eigenvalue weighted by Crippen LogP contribution is 1.76. The van der Waals surface area contributed by atoms with Crippen molar-refractivity contribution in [3.8, 4) is 0 Å². The lowest BCUT2D eigenvalue weighted by atomic mass is 10.3. The maximum absolute atomic E-state index is 2.21. The van der Waals surface area contributed by atoms with E-state index in [0.717, 1.165) is 0 Å². The van der Waals surface area contributed by atoms with Gasteiger partial charge in [0.15, 0.2) is 0 Å². The van der Waals surface area contributed by atoms with Crippen molar-refractivity contribution in [1.29, 1.82) is 0 Å². The van der Waals surface area contributed by atoms with E-state index in [-0.39, 0.29) is 0 Å². The molecule has 0 atom stereocenters. The SMILES string of the molecule is CCCC[NH2+]C. The molecule has 6 heavy (non-hydrogen) atoms. The highest BCUT2D eigenvalue weighted by Gasteiger charge is 1.76. The summed E-state index contributed by atoms with van der Waals surface area (Å²) in [5, 5.41) is 2.21. The fourth-order valence-electron chi connectivity index (χ4n) is 0.408. The van der Waals surface area contributed by atoms with Gasteiger partial charge in [0, 0.05) is 0 Å². The van der Waals surface area contributed by atoms with Crippen LogP contribution >= 0.6 is 0 Å². The first-order valence-corrected chi connectivity index (χ1v) is 2.69. The summed E-state index contributed by atoms with van der Waals surface area (Å²) in [5.74, 6) is 0. The minimum absolute atomic E-state index is 1.29. The standard InChI is InChI=1S/C5H13N/c1-3-4-5-6-2/h6H,3-5H2,1-2H3/p+1. The third-order valence-electron chi connectivity index (χ3n) is 0.846. The molecule has 0 amide bonds. The highest BCUT2D eigenvalue weighted by molar-refractivity contribution is 4.23. The molecule has 0 aromatic carbocycles. The van der Waals surface area contributed by atoms with E-state index in [9.17, 15) is 0 Å². The molecule has 1 heteroatoms. The van der Waals surface area contributed by atoms with Crippen molar-refractivity contribution in [2.24, 2.45) is 0 Å². The average Bonchev–Trinajstić information content (AvgIpc) is 1.61. The number of nitrogens with two attached hydrogens (primary N) is 1. The summed E-state index contributed by atoms with van der Waals surface area (Å²) >= 11 is 0. The van der Waals surface area contributed by atoms with Gasteiger partial charge >= 0.3 is 0 Å². The maximum atomic E-state index is 2.21. The summed E-state index contributed by atoms with van der Waals surface area (Å²) in [4.78, 5) is 0. The fourth-order valence-corrected chi connectivity index (χ4v) is 0.408. The Balaban J connectivity index is 2.34. The summed E-state index contributed by atoms with van der Waals surface area (Å²) in [6.45, 7) is 3.50. The summed E-state index contributed by atoms with van der Waals surface area (Å²) in [6.07, 6.45) is 2.68. The lowest BCUT2D eigenvalue weighted by Crippen LogP contribution is -2.79. The molecule has 0 aromatic rings. The van der Waals surface area contributed by atoms with Crippen molar-refractivity contribution < 1.29 is 5.32 Å². The van der Waals surface area contributed by atoms with Gasteiger partial charge in [0.1, 0.15) is 0 Å². The molecule has 1 nitrogen and oxygen atoms in total. The zero-order chi connectivity index (χ0) is 4.83. The van der Waals surface area contributed by atoms with Gasteiger partial charge in [0.25, 0.3) is 0 Å². The van der Waals surface area contributed by atoms with Crippen molar-refractivity contribution in [2.75, 3.05) is 13.6 Å². The Kier molecular flexibility index (Phi) is 4.93. The Morgan fingerprint density at radius 2 is 2.17 bits per heavy atom. The topological polar surface area (TPSA) is 16.6 Å². The molecule has 0 unspecified atom stereocenters. The van der Waals surface area contributed by atoms with Crippen LogP contribution < -0.4 is 5.32 Å². The zero-order valence-electron chi connectivity index (χ0n) is 4.70. The summed E-state index contributed by atoms with van der Waals surface area (Å²) in [5.41, 5.74) is 0. The van der Waals surface area contributed by atoms with Gasteiger partial charge in [-0.05, 0) is 6.42 Å². The number of hydrogen-bond acceptors (Lipinski definition) is 0. The average molecular weight is 88.2 g/mol. The molecule has 0 fully saturated rings. The molecule has 0 aliphatic heterocycles. The van der Waals surface area contributed by atoms with E-state index in [1.807, 2.05) is 0 Å². The Morgan fingerprint density at radius 1 is 1.50 bits per heavy atom. The normalized spacial score (nSPS) is 9.00. The van der Waals surface area contributed by atoms with Crippen molar-refractivity contribution in [2.45, 2.75) is 19.8 Å². The number of unbranched alkanes of at least 4 members (excludes halogenated alkanes) is 1. The summed E-state index contributed by atoms with van der Waals surface area (Å²) in [7, 11) is 2.11.